The summed E-state index contributed by atoms with van der Waals surface area (Å²) < 4.78 is 4.75. The van der Waals surface area contributed by atoms with Crippen molar-refractivity contribution in [2.24, 2.45) is 0 Å². The summed E-state index contributed by atoms with van der Waals surface area (Å²) in [6.07, 6.45) is 2.55. The van der Waals surface area contributed by atoms with Crippen LogP contribution in [0.5, 0.6) is 0 Å². The number of carbonyl (C=O) groups is 1. The van der Waals surface area contributed by atoms with Crippen molar-refractivity contribution < 1.29 is 9.53 Å². The third-order valence-electron chi connectivity index (χ3n) is 4.75. The quantitative estimate of drug-likeness (QED) is 0.598. The molecule has 0 bridgehead atoms. The van der Waals surface area contributed by atoms with E-state index in [0.29, 0.717) is 10.7 Å². The van der Waals surface area contributed by atoms with E-state index >= 15 is 0 Å². The van der Waals surface area contributed by atoms with E-state index < -0.39 is 0 Å². The molecule has 0 saturated carbocycles. The van der Waals surface area contributed by atoms with Gasteiger partial charge in [-0.2, -0.15) is 0 Å². The van der Waals surface area contributed by atoms with E-state index in [2.05, 4.69) is 46.7 Å². The van der Waals surface area contributed by atoms with Crippen LogP contribution in [0.4, 0.5) is 11.4 Å². The first-order valence-electron chi connectivity index (χ1n) is 9.17. The minimum Gasteiger partial charge on any atom is -0.465 e. The number of nitrogens with zero attached hydrogens (tertiary/aromatic N) is 1. The molecule has 3 rings (SSSR count). The molecule has 0 amide bonds. The van der Waals surface area contributed by atoms with Gasteiger partial charge >= 0.3 is 5.97 Å². The van der Waals surface area contributed by atoms with E-state index in [1.807, 2.05) is 6.07 Å². The van der Waals surface area contributed by atoms with Crippen LogP contribution < -0.4 is 15.5 Å². The van der Waals surface area contributed by atoms with E-state index in [1.165, 1.54) is 31.2 Å². The zero-order chi connectivity index (χ0) is 19.2. The van der Waals surface area contributed by atoms with Crippen molar-refractivity contribution in [1.29, 1.82) is 0 Å². The number of ether oxygens (including phenoxy) is 1. The summed E-state index contributed by atoms with van der Waals surface area (Å²) in [6.45, 7) is 4.36. The second-order valence-electron chi connectivity index (χ2n) is 6.68. The van der Waals surface area contributed by atoms with E-state index in [9.17, 15) is 4.79 Å². The van der Waals surface area contributed by atoms with Crippen molar-refractivity contribution in [1.82, 2.24) is 5.32 Å². The summed E-state index contributed by atoms with van der Waals surface area (Å²) in [7, 11) is 1.37. The topological polar surface area (TPSA) is 53.6 Å². The normalized spacial score (nSPS) is 14.5. The van der Waals surface area contributed by atoms with Crippen molar-refractivity contribution in [3.05, 3.63) is 59.7 Å². The molecule has 0 unspecified atom stereocenters. The summed E-state index contributed by atoms with van der Waals surface area (Å²) in [5.41, 5.74) is 3.68. The Morgan fingerprint density at radius 2 is 1.85 bits per heavy atom. The lowest BCUT2D eigenvalue weighted by atomic mass is 10.1. The van der Waals surface area contributed by atoms with Crippen LogP contribution in [-0.2, 0) is 4.74 Å². The molecular weight excluding hydrogens is 358 g/mol. The molecule has 2 aromatic rings. The number of thiocarbonyl (C=S) groups is 1. The highest BCUT2D eigenvalue weighted by atomic mass is 32.1. The number of nitrogens with one attached hydrogen (secondary N) is 2. The van der Waals surface area contributed by atoms with Crippen LogP contribution in [0.25, 0.3) is 0 Å². The first-order valence-corrected chi connectivity index (χ1v) is 9.58. The summed E-state index contributed by atoms with van der Waals surface area (Å²) in [6, 6.07) is 15.8. The van der Waals surface area contributed by atoms with Gasteiger partial charge in [-0.05, 0) is 67.9 Å². The van der Waals surface area contributed by atoms with E-state index in [-0.39, 0.29) is 12.0 Å². The van der Waals surface area contributed by atoms with Crippen molar-refractivity contribution >= 4 is 34.7 Å². The summed E-state index contributed by atoms with van der Waals surface area (Å²) in [5, 5.41) is 6.92. The zero-order valence-corrected chi connectivity index (χ0v) is 16.5. The molecule has 142 valence electrons. The first kappa shape index (κ1) is 19.2. The average molecular weight is 384 g/mol. The molecule has 1 fully saturated rings. The van der Waals surface area contributed by atoms with E-state index in [4.69, 9.17) is 17.0 Å². The number of esters is 1. The maximum absolute atomic E-state index is 11.6. The Balaban J connectivity index is 1.58. The molecule has 1 atom stereocenters. The van der Waals surface area contributed by atoms with Crippen LogP contribution in [0, 0.1) is 0 Å². The molecule has 0 radical (unpaired) electrons. The molecule has 2 N–H and O–H groups in total. The van der Waals surface area contributed by atoms with Crippen LogP contribution in [-0.4, -0.2) is 31.3 Å². The lowest BCUT2D eigenvalue weighted by Crippen LogP contribution is -2.31. The maximum Gasteiger partial charge on any atom is 0.337 e. The number of carbonyl (C=O) groups excluding carboxylic acids is 1. The van der Waals surface area contributed by atoms with Gasteiger partial charge in [0.15, 0.2) is 5.11 Å². The Hall–Kier alpha value is -2.60. The molecule has 1 aliphatic heterocycles. The van der Waals surface area contributed by atoms with Crippen LogP contribution in [0.2, 0.25) is 0 Å². The predicted octanol–water partition coefficient (Wildman–Crippen LogP) is 4.12. The lowest BCUT2D eigenvalue weighted by molar-refractivity contribution is 0.0601. The minimum atomic E-state index is -0.371. The van der Waals surface area contributed by atoms with Crippen molar-refractivity contribution in [2.75, 3.05) is 30.4 Å². The smallest absolute Gasteiger partial charge is 0.337 e. The summed E-state index contributed by atoms with van der Waals surface area (Å²) in [5.74, 6) is -0.371. The number of methoxy groups -OCH3 is 1. The Morgan fingerprint density at radius 3 is 2.52 bits per heavy atom. The maximum atomic E-state index is 11.6. The lowest BCUT2D eigenvalue weighted by Gasteiger charge is -2.20. The molecule has 6 heteroatoms. The van der Waals surface area contributed by atoms with Crippen LogP contribution in [0.15, 0.2) is 48.5 Å². The highest BCUT2D eigenvalue weighted by Crippen LogP contribution is 2.22. The van der Waals surface area contributed by atoms with Gasteiger partial charge < -0.3 is 20.3 Å². The van der Waals surface area contributed by atoms with Gasteiger partial charge in [0.25, 0.3) is 0 Å². The zero-order valence-electron chi connectivity index (χ0n) is 15.7. The van der Waals surface area contributed by atoms with Crippen molar-refractivity contribution in [3.8, 4) is 0 Å². The standard InChI is InChI=1S/C21H25N3O2S/c1-15(16-8-10-19(11-9-16)24-12-3-4-13-24)22-21(27)23-18-7-5-6-17(14-18)20(25)26-2/h5-11,14-15H,3-4,12-13H2,1-2H3,(H2,22,23,27)/t15-/m1/s1. The second kappa shape index (κ2) is 8.86. The van der Waals surface area contributed by atoms with Crippen LogP contribution in [0.3, 0.4) is 0 Å². The van der Waals surface area contributed by atoms with Gasteiger partial charge in [-0.25, -0.2) is 4.79 Å². The fraction of sp³-hybridized carbons (Fsp3) is 0.333. The molecule has 0 spiro atoms. The Bertz CT molecular complexity index is 801. The largest absolute Gasteiger partial charge is 0.465 e. The van der Waals surface area contributed by atoms with Gasteiger partial charge in [0, 0.05) is 24.5 Å². The summed E-state index contributed by atoms with van der Waals surface area (Å²) >= 11 is 5.42. The van der Waals surface area contributed by atoms with Crippen molar-refractivity contribution in [3.63, 3.8) is 0 Å². The molecule has 0 aliphatic carbocycles. The van der Waals surface area contributed by atoms with Crippen LogP contribution in [0.1, 0.15) is 41.7 Å². The molecule has 5 nitrogen and oxygen atoms in total. The third-order valence-corrected chi connectivity index (χ3v) is 4.97. The van der Waals surface area contributed by atoms with Crippen LogP contribution >= 0.6 is 12.2 Å². The molecular formula is C21H25N3O2S. The van der Waals surface area contributed by atoms with Gasteiger partial charge in [0.2, 0.25) is 0 Å². The number of benzene rings is 2. The highest BCUT2D eigenvalue weighted by Gasteiger charge is 2.13. The molecule has 1 aliphatic rings. The van der Waals surface area contributed by atoms with Gasteiger partial charge in [0.05, 0.1) is 18.7 Å². The average Bonchev–Trinajstić information content (AvgIpc) is 3.22. The Kier molecular flexibility index (Phi) is 6.29. The number of hydrogen-bond donors (Lipinski definition) is 2. The third kappa shape index (κ3) is 4.98. The van der Waals surface area contributed by atoms with Gasteiger partial charge in [-0.15, -0.1) is 0 Å². The van der Waals surface area contributed by atoms with Gasteiger partial charge in [-0.1, -0.05) is 18.2 Å². The van der Waals surface area contributed by atoms with E-state index in [1.54, 1.807) is 18.2 Å². The SMILES string of the molecule is COC(=O)c1cccc(NC(=S)N[C@H](C)c2ccc(N3CCCC3)cc2)c1. The molecule has 27 heavy (non-hydrogen) atoms. The molecule has 1 heterocycles. The molecule has 2 aromatic carbocycles. The number of hydrogen-bond acceptors (Lipinski definition) is 4. The van der Waals surface area contributed by atoms with E-state index in [0.717, 1.165) is 18.8 Å². The molecule has 0 aromatic heterocycles. The fourth-order valence-electron chi connectivity index (χ4n) is 3.24. The summed E-state index contributed by atoms with van der Waals surface area (Å²) in [4.78, 5) is 14.1. The van der Waals surface area contributed by atoms with Gasteiger partial charge in [0.1, 0.15) is 0 Å². The monoisotopic (exact) mass is 383 g/mol. The number of rotatable bonds is 5. The van der Waals surface area contributed by atoms with Gasteiger partial charge in [-0.3, -0.25) is 0 Å². The molecule has 1 saturated heterocycles. The minimum absolute atomic E-state index is 0.0708. The predicted molar refractivity (Wildman–Crippen MR) is 113 cm³/mol. The second-order valence-corrected chi connectivity index (χ2v) is 7.09. The number of anilines is 2. The highest BCUT2D eigenvalue weighted by molar-refractivity contribution is 7.80. The van der Waals surface area contributed by atoms with Crippen molar-refractivity contribution in [2.45, 2.75) is 25.8 Å². The fourth-order valence-corrected chi connectivity index (χ4v) is 3.53. The first-order chi connectivity index (χ1) is 13.1. The Morgan fingerprint density at radius 1 is 1.15 bits per heavy atom. The Labute approximate surface area is 165 Å².